The molecule has 0 radical (unpaired) electrons. The van der Waals surface area contributed by atoms with Gasteiger partial charge in [-0.25, -0.2) is 4.98 Å². The third-order valence-electron chi connectivity index (χ3n) is 4.17. The van der Waals surface area contributed by atoms with E-state index in [1.807, 2.05) is 0 Å². The van der Waals surface area contributed by atoms with Gasteiger partial charge in [0.25, 0.3) is 0 Å². The quantitative estimate of drug-likeness (QED) is 0.819. The lowest BCUT2D eigenvalue weighted by Crippen LogP contribution is -3.27. The number of piperazine rings is 1. The Hall–Kier alpha value is -1.23. The van der Waals surface area contributed by atoms with Gasteiger partial charge in [-0.1, -0.05) is 30.3 Å². The molecule has 0 bridgehead atoms. The predicted octanol–water partition coefficient (Wildman–Crippen LogP) is 0.113. The minimum atomic E-state index is 1.08. The molecular formula is C16H23N3S+2. The summed E-state index contributed by atoms with van der Waals surface area (Å²) in [4.78, 5) is 8.24. The number of quaternary nitrogens is 2. The summed E-state index contributed by atoms with van der Waals surface area (Å²) in [5.74, 6) is 0. The van der Waals surface area contributed by atoms with Gasteiger partial charge < -0.3 is 9.80 Å². The summed E-state index contributed by atoms with van der Waals surface area (Å²) in [5.41, 5.74) is 2.49. The normalized spacial score (nSPS) is 22.9. The molecule has 1 fully saturated rings. The summed E-state index contributed by atoms with van der Waals surface area (Å²) in [5, 5.41) is 3.38. The third kappa shape index (κ3) is 3.26. The van der Waals surface area contributed by atoms with Gasteiger partial charge >= 0.3 is 0 Å². The maximum atomic E-state index is 4.80. The van der Waals surface area contributed by atoms with E-state index in [1.54, 1.807) is 21.1 Å². The van der Waals surface area contributed by atoms with E-state index in [0.717, 1.165) is 11.6 Å². The van der Waals surface area contributed by atoms with Gasteiger partial charge in [-0.15, -0.1) is 11.3 Å². The summed E-state index contributed by atoms with van der Waals surface area (Å²) < 4.78 is 0. The van der Waals surface area contributed by atoms with Crippen molar-refractivity contribution in [2.24, 2.45) is 0 Å². The van der Waals surface area contributed by atoms with Gasteiger partial charge in [-0.3, -0.25) is 0 Å². The van der Waals surface area contributed by atoms with Crippen LogP contribution in [0.25, 0.3) is 10.6 Å². The van der Waals surface area contributed by atoms with Gasteiger partial charge in [0.2, 0.25) is 0 Å². The Morgan fingerprint density at radius 3 is 2.45 bits per heavy atom. The van der Waals surface area contributed by atoms with Crippen LogP contribution in [0.15, 0.2) is 35.7 Å². The van der Waals surface area contributed by atoms with E-state index in [-0.39, 0.29) is 0 Å². The average molecular weight is 289 g/mol. The number of thiazole rings is 1. The van der Waals surface area contributed by atoms with Crippen LogP contribution >= 0.6 is 11.3 Å². The highest BCUT2D eigenvalue weighted by Gasteiger charge is 2.22. The summed E-state index contributed by atoms with van der Waals surface area (Å²) in [6.07, 6.45) is 0. The number of aromatic nitrogens is 1. The summed E-state index contributed by atoms with van der Waals surface area (Å²) >= 11 is 1.77. The summed E-state index contributed by atoms with van der Waals surface area (Å²) in [7, 11) is 0. The zero-order chi connectivity index (χ0) is 13.8. The molecule has 3 nitrogen and oxygen atoms in total. The Morgan fingerprint density at radius 1 is 1.05 bits per heavy atom. The molecule has 0 amide bonds. The highest BCUT2D eigenvalue weighted by molar-refractivity contribution is 7.13. The molecule has 0 unspecified atom stereocenters. The van der Waals surface area contributed by atoms with Crippen molar-refractivity contribution in [3.63, 3.8) is 0 Å². The Morgan fingerprint density at radius 2 is 1.75 bits per heavy atom. The Kier molecular flexibility index (Phi) is 4.45. The Balaban J connectivity index is 1.61. The van der Waals surface area contributed by atoms with Crippen LogP contribution in [0.5, 0.6) is 0 Å². The van der Waals surface area contributed by atoms with Crippen LogP contribution in [-0.4, -0.2) is 37.7 Å². The van der Waals surface area contributed by atoms with Crippen molar-refractivity contribution in [2.45, 2.75) is 13.5 Å². The SMILES string of the molecule is CC[NH+]1CC[NH+](Cc2csc(-c3ccccc3)n2)CC1. The summed E-state index contributed by atoms with van der Waals surface area (Å²) in [6, 6.07) is 10.5. The molecule has 2 aromatic rings. The van der Waals surface area contributed by atoms with Crippen molar-refractivity contribution in [1.29, 1.82) is 0 Å². The smallest absolute Gasteiger partial charge is 0.127 e. The number of rotatable bonds is 4. The van der Waals surface area contributed by atoms with Crippen LogP contribution in [0.1, 0.15) is 12.6 Å². The van der Waals surface area contributed by atoms with Gasteiger partial charge in [-0.05, 0) is 6.92 Å². The van der Waals surface area contributed by atoms with Crippen LogP contribution in [-0.2, 0) is 6.54 Å². The topological polar surface area (TPSA) is 21.8 Å². The van der Waals surface area contributed by atoms with Gasteiger partial charge in [0.15, 0.2) is 0 Å². The number of likely N-dealkylation sites (N-methyl/N-ethyl adjacent to an activating group) is 1. The minimum Gasteiger partial charge on any atom is -0.326 e. The van der Waals surface area contributed by atoms with Crippen molar-refractivity contribution < 1.29 is 9.80 Å². The fourth-order valence-corrected chi connectivity index (χ4v) is 3.67. The molecule has 0 spiro atoms. The fourth-order valence-electron chi connectivity index (χ4n) is 2.85. The first kappa shape index (κ1) is 13.7. The second-order valence-electron chi connectivity index (χ2n) is 5.54. The lowest BCUT2D eigenvalue weighted by atomic mass is 10.2. The molecule has 1 aromatic carbocycles. The highest BCUT2D eigenvalue weighted by Crippen LogP contribution is 2.22. The lowest BCUT2D eigenvalue weighted by Gasteiger charge is -2.28. The lowest BCUT2D eigenvalue weighted by molar-refractivity contribution is -1.02. The number of nitrogens with one attached hydrogen (secondary N) is 2. The maximum absolute atomic E-state index is 4.80. The van der Waals surface area contributed by atoms with Gasteiger partial charge in [0.05, 0.1) is 6.54 Å². The Labute approximate surface area is 124 Å². The van der Waals surface area contributed by atoms with E-state index in [4.69, 9.17) is 4.98 Å². The fraction of sp³-hybridized carbons (Fsp3) is 0.438. The van der Waals surface area contributed by atoms with Crippen LogP contribution in [0.3, 0.4) is 0 Å². The van der Waals surface area contributed by atoms with Crippen molar-refractivity contribution >= 4 is 11.3 Å². The van der Waals surface area contributed by atoms with Crippen LogP contribution in [0.4, 0.5) is 0 Å². The first-order valence-electron chi connectivity index (χ1n) is 7.52. The first-order valence-corrected chi connectivity index (χ1v) is 8.40. The third-order valence-corrected chi connectivity index (χ3v) is 5.11. The van der Waals surface area contributed by atoms with Crippen molar-refractivity contribution in [3.05, 3.63) is 41.4 Å². The van der Waals surface area contributed by atoms with Gasteiger partial charge in [-0.2, -0.15) is 0 Å². The molecule has 0 aliphatic carbocycles. The standard InChI is InChI=1S/C16H21N3S/c1-2-18-8-10-19(11-9-18)12-15-13-20-16(17-15)14-6-4-3-5-7-14/h3-7,13H,2,8-12H2,1H3/p+2. The molecule has 1 aliphatic heterocycles. The molecule has 0 saturated carbocycles. The molecule has 4 heteroatoms. The van der Waals surface area contributed by atoms with Crippen molar-refractivity contribution in [1.82, 2.24) is 4.98 Å². The molecule has 106 valence electrons. The van der Waals surface area contributed by atoms with E-state index in [0.29, 0.717) is 0 Å². The molecule has 2 heterocycles. The highest BCUT2D eigenvalue weighted by atomic mass is 32.1. The molecule has 1 aliphatic rings. The van der Waals surface area contributed by atoms with Crippen LogP contribution < -0.4 is 9.80 Å². The first-order chi connectivity index (χ1) is 9.85. The molecule has 20 heavy (non-hydrogen) atoms. The number of hydrogen-bond acceptors (Lipinski definition) is 2. The zero-order valence-electron chi connectivity index (χ0n) is 12.1. The van der Waals surface area contributed by atoms with E-state index in [9.17, 15) is 0 Å². The van der Waals surface area contributed by atoms with Crippen LogP contribution in [0, 0.1) is 0 Å². The van der Waals surface area contributed by atoms with Crippen LogP contribution in [0.2, 0.25) is 0 Å². The minimum absolute atomic E-state index is 1.08. The van der Waals surface area contributed by atoms with E-state index >= 15 is 0 Å². The van der Waals surface area contributed by atoms with Gasteiger partial charge in [0, 0.05) is 10.9 Å². The molecule has 1 saturated heterocycles. The number of hydrogen-bond donors (Lipinski definition) is 2. The largest absolute Gasteiger partial charge is 0.326 e. The van der Waals surface area contributed by atoms with E-state index in [1.165, 1.54) is 44.0 Å². The second-order valence-corrected chi connectivity index (χ2v) is 6.40. The molecular weight excluding hydrogens is 266 g/mol. The molecule has 2 N–H and O–H groups in total. The van der Waals surface area contributed by atoms with Crippen molar-refractivity contribution in [2.75, 3.05) is 32.7 Å². The van der Waals surface area contributed by atoms with Crippen molar-refractivity contribution in [3.8, 4) is 10.6 Å². The maximum Gasteiger partial charge on any atom is 0.127 e. The van der Waals surface area contributed by atoms with Gasteiger partial charge in [0.1, 0.15) is 43.4 Å². The average Bonchev–Trinajstić information content (AvgIpc) is 2.97. The predicted molar refractivity (Wildman–Crippen MR) is 83.2 cm³/mol. The number of benzene rings is 1. The Bertz CT molecular complexity index is 530. The second kappa shape index (κ2) is 6.48. The molecule has 1 aromatic heterocycles. The monoisotopic (exact) mass is 289 g/mol. The zero-order valence-corrected chi connectivity index (χ0v) is 12.9. The molecule has 3 rings (SSSR count). The molecule has 0 atom stereocenters. The summed E-state index contributed by atoms with van der Waals surface area (Å²) in [6.45, 7) is 9.81. The number of nitrogens with zero attached hydrogens (tertiary/aromatic N) is 1. The van der Waals surface area contributed by atoms with E-state index in [2.05, 4.69) is 42.6 Å². The van der Waals surface area contributed by atoms with E-state index < -0.39 is 0 Å².